The molecule has 0 saturated carbocycles. The van der Waals surface area contributed by atoms with Crippen LogP contribution < -0.4 is 10.6 Å². The number of hydrogen-bond donors (Lipinski definition) is 2. The van der Waals surface area contributed by atoms with Crippen LogP contribution in [0.25, 0.3) is 0 Å². The highest BCUT2D eigenvalue weighted by molar-refractivity contribution is 5.77. The van der Waals surface area contributed by atoms with E-state index in [0.717, 1.165) is 0 Å². The third kappa shape index (κ3) is 3.64. The second kappa shape index (κ2) is 5.49. The van der Waals surface area contributed by atoms with Crippen molar-refractivity contribution in [3.63, 3.8) is 0 Å². The first kappa shape index (κ1) is 13.2. The van der Waals surface area contributed by atoms with Gasteiger partial charge in [-0.1, -0.05) is 0 Å². The number of methoxy groups -OCH3 is 1. The topological polar surface area (TPSA) is 50.4 Å². The fourth-order valence-corrected chi connectivity index (χ4v) is 1.78. The summed E-state index contributed by atoms with van der Waals surface area (Å²) in [5, 5.41) is 5.16. The van der Waals surface area contributed by atoms with Gasteiger partial charge in [0.25, 0.3) is 0 Å². The Morgan fingerprint density at radius 3 is 2.81 bits per heavy atom. The maximum atomic E-state index is 12.6. The Balaban J connectivity index is 2.57. The number of alkyl halides is 3. The first-order valence-corrected chi connectivity index (χ1v) is 5.01. The van der Waals surface area contributed by atoms with Crippen molar-refractivity contribution in [3.8, 4) is 0 Å². The Morgan fingerprint density at radius 2 is 2.25 bits per heavy atom. The van der Waals surface area contributed by atoms with E-state index in [9.17, 15) is 18.0 Å². The molecule has 1 amide bonds. The molecule has 1 aliphatic heterocycles. The van der Waals surface area contributed by atoms with Crippen molar-refractivity contribution in [2.75, 3.05) is 26.8 Å². The van der Waals surface area contributed by atoms with E-state index in [1.54, 1.807) is 0 Å². The predicted octanol–water partition coefficient (Wildman–Crippen LogP) is 0.289. The van der Waals surface area contributed by atoms with Gasteiger partial charge in [-0.25, -0.2) is 0 Å². The summed E-state index contributed by atoms with van der Waals surface area (Å²) in [5.41, 5.74) is 0. The molecule has 0 aliphatic carbocycles. The summed E-state index contributed by atoms with van der Waals surface area (Å²) in [7, 11) is 1.32. The zero-order valence-electron chi connectivity index (χ0n) is 8.93. The molecular weight excluding hydrogens is 225 g/mol. The summed E-state index contributed by atoms with van der Waals surface area (Å²) in [6, 6.07) is -0.906. The van der Waals surface area contributed by atoms with Crippen LogP contribution in [-0.2, 0) is 9.53 Å². The number of carbonyl (C=O) groups is 1. The molecule has 2 atom stereocenters. The molecule has 1 rings (SSSR count). The molecule has 1 fully saturated rings. The quantitative estimate of drug-likeness (QED) is 0.745. The van der Waals surface area contributed by atoms with Crippen LogP contribution in [0, 0.1) is 5.92 Å². The number of amides is 1. The SMILES string of the molecule is COCC(=O)NC1CNCCC1C(F)(F)F. The summed E-state index contributed by atoms with van der Waals surface area (Å²) in [6.45, 7) is 0.238. The Kier molecular flexibility index (Phi) is 4.55. The van der Waals surface area contributed by atoms with Crippen LogP contribution in [0.15, 0.2) is 0 Å². The molecule has 16 heavy (non-hydrogen) atoms. The molecule has 1 aliphatic rings. The second-order valence-corrected chi connectivity index (χ2v) is 3.75. The van der Waals surface area contributed by atoms with Crippen LogP contribution >= 0.6 is 0 Å². The van der Waals surface area contributed by atoms with Gasteiger partial charge in [-0.15, -0.1) is 0 Å². The third-order valence-corrected chi connectivity index (χ3v) is 2.52. The third-order valence-electron chi connectivity index (χ3n) is 2.52. The summed E-state index contributed by atoms with van der Waals surface area (Å²) in [5.74, 6) is -2.00. The highest BCUT2D eigenvalue weighted by Gasteiger charge is 2.45. The summed E-state index contributed by atoms with van der Waals surface area (Å²) in [4.78, 5) is 11.2. The standard InChI is InChI=1S/C9H15F3N2O2/c1-16-5-8(15)14-7-4-13-3-2-6(7)9(10,11)12/h6-7,13H,2-5H2,1H3,(H,14,15). The molecule has 2 unspecified atom stereocenters. The smallest absolute Gasteiger partial charge is 0.375 e. The lowest BCUT2D eigenvalue weighted by Gasteiger charge is -2.33. The van der Waals surface area contributed by atoms with Crippen LogP contribution in [0.2, 0.25) is 0 Å². The number of carbonyl (C=O) groups excluding carboxylic acids is 1. The molecule has 0 aromatic carbocycles. The van der Waals surface area contributed by atoms with E-state index in [1.807, 2.05) is 0 Å². The molecule has 7 heteroatoms. The number of halogens is 3. The molecule has 4 nitrogen and oxygen atoms in total. The molecule has 1 saturated heterocycles. The lowest BCUT2D eigenvalue weighted by atomic mass is 9.92. The monoisotopic (exact) mass is 240 g/mol. The molecule has 94 valence electrons. The predicted molar refractivity (Wildman–Crippen MR) is 50.8 cm³/mol. The molecule has 0 aromatic rings. The Labute approximate surface area is 91.5 Å². The van der Waals surface area contributed by atoms with E-state index in [2.05, 4.69) is 15.4 Å². The minimum absolute atomic E-state index is 0.0125. The van der Waals surface area contributed by atoms with E-state index < -0.39 is 24.0 Å². The average molecular weight is 240 g/mol. The summed E-state index contributed by atoms with van der Waals surface area (Å²) < 4.78 is 42.4. The van der Waals surface area contributed by atoms with Gasteiger partial charge in [-0.2, -0.15) is 13.2 Å². The number of ether oxygens (including phenoxy) is 1. The highest BCUT2D eigenvalue weighted by Crippen LogP contribution is 2.32. The van der Waals surface area contributed by atoms with E-state index in [1.165, 1.54) is 7.11 Å². The zero-order chi connectivity index (χ0) is 12.2. The van der Waals surface area contributed by atoms with Gasteiger partial charge in [-0.3, -0.25) is 4.79 Å². The molecular formula is C9H15F3N2O2. The van der Waals surface area contributed by atoms with E-state index >= 15 is 0 Å². The molecule has 1 heterocycles. The minimum Gasteiger partial charge on any atom is -0.375 e. The molecule has 2 N–H and O–H groups in total. The molecule has 0 radical (unpaired) electrons. The lowest BCUT2D eigenvalue weighted by molar-refractivity contribution is -0.187. The van der Waals surface area contributed by atoms with Gasteiger partial charge >= 0.3 is 6.18 Å². The average Bonchev–Trinajstić information content (AvgIpc) is 2.17. The van der Waals surface area contributed by atoms with Crippen molar-refractivity contribution in [3.05, 3.63) is 0 Å². The van der Waals surface area contributed by atoms with Gasteiger partial charge in [0.05, 0.1) is 12.0 Å². The number of nitrogens with one attached hydrogen (secondary N) is 2. The summed E-state index contributed by atoms with van der Waals surface area (Å²) >= 11 is 0. The number of rotatable bonds is 3. The van der Waals surface area contributed by atoms with Crippen LogP contribution in [-0.4, -0.2) is 44.9 Å². The van der Waals surface area contributed by atoms with Gasteiger partial charge in [0.15, 0.2) is 0 Å². The van der Waals surface area contributed by atoms with Crippen LogP contribution in [0.3, 0.4) is 0 Å². The zero-order valence-corrected chi connectivity index (χ0v) is 8.93. The largest absolute Gasteiger partial charge is 0.393 e. The Hall–Kier alpha value is -0.820. The molecule has 0 spiro atoms. The fraction of sp³-hybridized carbons (Fsp3) is 0.889. The van der Waals surface area contributed by atoms with Crippen molar-refractivity contribution in [1.82, 2.24) is 10.6 Å². The van der Waals surface area contributed by atoms with Gasteiger partial charge in [-0.05, 0) is 13.0 Å². The maximum Gasteiger partial charge on any atom is 0.393 e. The Bertz CT molecular complexity index is 245. The minimum atomic E-state index is -4.27. The Morgan fingerprint density at radius 1 is 1.56 bits per heavy atom. The van der Waals surface area contributed by atoms with Gasteiger partial charge in [0.2, 0.25) is 5.91 Å². The van der Waals surface area contributed by atoms with Crippen molar-refractivity contribution in [2.45, 2.75) is 18.6 Å². The second-order valence-electron chi connectivity index (χ2n) is 3.75. The molecule has 0 aromatic heterocycles. The van der Waals surface area contributed by atoms with Crippen LogP contribution in [0.4, 0.5) is 13.2 Å². The number of hydrogen-bond acceptors (Lipinski definition) is 3. The maximum absolute atomic E-state index is 12.6. The van der Waals surface area contributed by atoms with E-state index in [-0.39, 0.29) is 19.6 Å². The fourth-order valence-electron chi connectivity index (χ4n) is 1.78. The lowest BCUT2D eigenvalue weighted by Crippen LogP contribution is -2.55. The van der Waals surface area contributed by atoms with Crippen molar-refractivity contribution in [1.29, 1.82) is 0 Å². The van der Waals surface area contributed by atoms with Gasteiger partial charge in [0, 0.05) is 13.7 Å². The normalized spacial score (nSPS) is 26.5. The number of piperidine rings is 1. The highest BCUT2D eigenvalue weighted by atomic mass is 19.4. The van der Waals surface area contributed by atoms with Gasteiger partial charge in [0.1, 0.15) is 6.61 Å². The van der Waals surface area contributed by atoms with E-state index in [0.29, 0.717) is 6.54 Å². The summed E-state index contributed by atoms with van der Waals surface area (Å²) in [6.07, 6.45) is -4.28. The van der Waals surface area contributed by atoms with E-state index in [4.69, 9.17) is 0 Å². The van der Waals surface area contributed by atoms with Crippen molar-refractivity contribution < 1.29 is 22.7 Å². The first-order chi connectivity index (χ1) is 7.45. The van der Waals surface area contributed by atoms with Crippen molar-refractivity contribution in [2.24, 2.45) is 5.92 Å². The molecule has 0 bridgehead atoms. The van der Waals surface area contributed by atoms with Crippen LogP contribution in [0.5, 0.6) is 0 Å². The van der Waals surface area contributed by atoms with Gasteiger partial charge < -0.3 is 15.4 Å². The van der Waals surface area contributed by atoms with Crippen molar-refractivity contribution >= 4 is 5.91 Å². The van der Waals surface area contributed by atoms with Crippen LogP contribution in [0.1, 0.15) is 6.42 Å². The first-order valence-electron chi connectivity index (χ1n) is 5.01.